The summed E-state index contributed by atoms with van der Waals surface area (Å²) < 4.78 is 2.17. The van der Waals surface area contributed by atoms with Crippen molar-refractivity contribution in [2.24, 2.45) is 0 Å². The van der Waals surface area contributed by atoms with Crippen LogP contribution in [0.25, 0.3) is 0 Å². The fraction of sp³-hybridized carbons (Fsp3) is 0.385. The van der Waals surface area contributed by atoms with Crippen LogP contribution in [0.3, 0.4) is 0 Å². The average Bonchev–Trinajstić information content (AvgIpc) is 2.77. The molecule has 1 aromatic heterocycles. The molecular weight excluding hydrogens is 198 g/mol. The monoisotopic (exact) mass is 213 g/mol. The van der Waals surface area contributed by atoms with Crippen LogP contribution in [0.4, 0.5) is 0 Å². The van der Waals surface area contributed by atoms with Crippen molar-refractivity contribution in [2.75, 3.05) is 0 Å². The SMILES string of the molecule is Cc1ccc(C2CCc3nncn3C2)cc1. The highest BCUT2D eigenvalue weighted by Gasteiger charge is 2.20. The van der Waals surface area contributed by atoms with E-state index in [1.807, 2.05) is 6.33 Å². The van der Waals surface area contributed by atoms with Gasteiger partial charge in [-0.25, -0.2) is 0 Å². The molecule has 0 amide bonds. The maximum absolute atomic E-state index is 4.11. The maximum Gasteiger partial charge on any atom is 0.132 e. The molecule has 1 aliphatic rings. The number of rotatable bonds is 1. The highest BCUT2D eigenvalue weighted by Crippen LogP contribution is 2.27. The van der Waals surface area contributed by atoms with Gasteiger partial charge in [0.25, 0.3) is 0 Å². The Morgan fingerprint density at radius 1 is 1.25 bits per heavy atom. The number of nitrogens with zero attached hydrogens (tertiary/aromatic N) is 3. The quantitative estimate of drug-likeness (QED) is 0.727. The number of hydrogen-bond acceptors (Lipinski definition) is 2. The van der Waals surface area contributed by atoms with Crippen LogP contribution >= 0.6 is 0 Å². The molecule has 0 spiro atoms. The van der Waals surface area contributed by atoms with Crippen LogP contribution in [-0.2, 0) is 13.0 Å². The summed E-state index contributed by atoms with van der Waals surface area (Å²) in [5.74, 6) is 1.74. The lowest BCUT2D eigenvalue weighted by atomic mass is 9.91. The van der Waals surface area contributed by atoms with Crippen molar-refractivity contribution in [3.05, 3.63) is 47.5 Å². The minimum Gasteiger partial charge on any atom is -0.317 e. The Labute approximate surface area is 95.1 Å². The summed E-state index contributed by atoms with van der Waals surface area (Å²) in [5.41, 5.74) is 2.76. The van der Waals surface area contributed by atoms with Crippen molar-refractivity contribution in [3.63, 3.8) is 0 Å². The van der Waals surface area contributed by atoms with Crippen LogP contribution in [0.2, 0.25) is 0 Å². The summed E-state index contributed by atoms with van der Waals surface area (Å²) in [7, 11) is 0. The second kappa shape index (κ2) is 3.74. The number of benzene rings is 1. The third kappa shape index (κ3) is 1.62. The Morgan fingerprint density at radius 3 is 2.88 bits per heavy atom. The zero-order valence-corrected chi connectivity index (χ0v) is 9.43. The van der Waals surface area contributed by atoms with Crippen LogP contribution < -0.4 is 0 Å². The summed E-state index contributed by atoms with van der Waals surface area (Å²) in [4.78, 5) is 0. The second-order valence-corrected chi connectivity index (χ2v) is 4.55. The fourth-order valence-electron chi connectivity index (χ4n) is 2.37. The van der Waals surface area contributed by atoms with Crippen molar-refractivity contribution in [2.45, 2.75) is 32.2 Å². The molecule has 0 radical (unpaired) electrons. The molecule has 2 heterocycles. The zero-order chi connectivity index (χ0) is 11.0. The van der Waals surface area contributed by atoms with Crippen LogP contribution in [0.1, 0.15) is 29.3 Å². The molecular formula is C13H15N3. The summed E-state index contributed by atoms with van der Waals surface area (Å²) >= 11 is 0. The molecule has 3 rings (SSSR count). The Kier molecular flexibility index (Phi) is 2.24. The number of aryl methyl sites for hydroxylation is 2. The highest BCUT2D eigenvalue weighted by atomic mass is 15.3. The predicted octanol–water partition coefficient (Wildman–Crippen LogP) is 2.32. The summed E-state index contributed by atoms with van der Waals surface area (Å²) in [6.45, 7) is 3.15. The minimum absolute atomic E-state index is 0.615. The summed E-state index contributed by atoms with van der Waals surface area (Å²) in [6.07, 6.45) is 4.07. The maximum atomic E-state index is 4.11. The molecule has 0 saturated heterocycles. The van der Waals surface area contributed by atoms with Gasteiger partial charge in [0.1, 0.15) is 12.2 Å². The lowest BCUT2D eigenvalue weighted by Crippen LogP contribution is -2.18. The third-order valence-electron chi connectivity index (χ3n) is 3.38. The first-order valence-electron chi connectivity index (χ1n) is 5.76. The average molecular weight is 213 g/mol. The first-order chi connectivity index (χ1) is 7.83. The largest absolute Gasteiger partial charge is 0.317 e. The van der Waals surface area contributed by atoms with Crippen molar-refractivity contribution in [1.82, 2.24) is 14.8 Å². The van der Waals surface area contributed by atoms with E-state index in [2.05, 4.69) is 46.0 Å². The van der Waals surface area contributed by atoms with Gasteiger partial charge in [0, 0.05) is 18.9 Å². The van der Waals surface area contributed by atoms with Gasteiger partial charge in [-0.1, -0.05) is 29.8 Å². The highest BCUT2D eigenvalue weighted by molar-refractivity contribution is 5.25. The van der Waals surface area contributed by atoms with Gasteiger partial charge in [0.15, 0.2) is 0 Å². The second-order valence-electron chi connectivity index (χ2n) is 4.55. The molecule has 1 aliphatic heterocycles. The summed E-state index contributed by atoms with van der Waals surface area (Å²) in [5, 5.41) is 8.07. The molecule has 1 atom stereocenters. The molecule has 3 heteroatoms. The number of fused-ring (bicyclic) bond motifs is 1. The molecule has 1 unspecified atom stereocenters. The van der Waals surface area contributed by atoms with Gasteiger partial charge in [-0.3, -0.25) is 0 Å². The predicted molar refractivity (Wildman–Crippen MR) is 62.3 cm³/mol. The van der Waals surface area contributed by atoms with Gasteiger partial charge in [-0.05, 0) is 18.9 Å². The molecule has 1 aromatic carbocycles. The molecule has 2 aromatic rings. The molecule has 0 fully saturated rings. The van der Waals surface area contributed by atoms with Gasteiger partial charge < -0.3 is 4.57 Å². The first kappa shape index (κ1) is 9.58. The number of aromatic nitrogens is 3. The van der Waals surface area contributed by atoms with E-state index < -0.39 is 0 Å². The molecule has 0 saturated carbocycles. The normalized spacial score (nSPS) is 19.4. The molecule has 3 nitrogen and oxygen atoms in total. The molecule has 0 aliphatic carbocycles. The van der Waals surface area contributed by atoms with Gasteiger partial charge in [-0.15, -0.1) is 10.2 Å². The van der Waals surface area contributed by atoms with E-state index in [4.69, 9.17) is 0 Å². The number of hydrogen-bond donors (Lipinski definition) is 0. The van der Waals surface area contributed by atoms with Gasteiger partial charge in [0.2, 0.25) is 0 Å². The van der Waals surface area contributed by atoms with Crippen molar-refractivity contribution in [1.29, 1.82) is 0 Å². The molecule has 0 N–H and O–H groups in total. The molecule has 82 valence electrons. The lowest BCUT2D eigenvalue weighted by Gasteiger charge is -2.23. The Balaban J connectivity index is 1.86. The van der Waals surface area contributed by atoms with Gasteiger partial charge in [-0.2, -0.15) is 0 Å². The Morgan fingerprint density at radius 2 is 2.06 bits per heavy atom. The van der Waals surface area contributed by atoms with E-state index >= 15 is 0 Å². The molecule has 0 bridgehead atoms. The van der Waals surface area contributed by atoms with E-state index in [0.717, 1.165) is 18.8 Å². The smallest absolute Gasteiger partial charge is 0.132 e. The third-order valence-corrected chi connectivity index (χ3v) is 3.38. The van der Waals surface area contributed by atoms with Crippen LogP contribution in [0.15, 0.2) is 30.6 Å². The fourth-order valence-corrected chi connectivity index (χ4v) is 2.37. The Hall–Kier alpha value is -1.64. The van der Waals surface area contributed by atoms with E-state index in [-0.39, 0.29) is 0 Å². The summed E-state index contributed by atoms with van der Waals surface area (Å²) in [6, 6.07) is 8.87. The zero-order valence-electron chi connectivity index (χ0n) is 9.43. The molecule has 16 heavy (non-hydrogen) atoms. The first-order valence-corrected chi connectivity index (χ1v) is 5.76. The minimum atomic E-state index is 0.615. The van der Waals surface area contributed by atoms with Crippen molar-refractivity contribution in [3.8, 4) is 0 Å². The van der Waals surface area contributed by atoms with Gasteiger partial charge >= 0.3 is 0 Å². The van der Waals surface area contributed by atoms with Crippen LogP contribution in [0, 0.1) is 6.92 Å². The van der Waals surface area contributed by atoms with E-state index in [1.54, 1.807) is 0 Å². The van der Waals surface area contributed by atoms with E-state index in [1.165, 1.54) is 17.5 Å². The van der Waals surface area contributed by atoms with E-state index in [0.29, 0.717) is 5.92 Å². The van der Waals surface area contributed by atoms with E-state index in [9.17, 15) is 0 Å². The Bertz CT molecular complexity index is 484. The standard InChI is InChI=1S/C13H15N3/c1-10-2-4-11(5-3-10)12-6-7-13-15-14-9-16(13)8-12/h2-5,9,12H,6-8H2,1H3. The topological polar surface area (TPSA) is 30.7 Å². The van der Waals surface area contributed by atoms with Gasteiger partial charge in [0.05, 0.1) is 0 Å². The van der Waals surface area contributed by atoms with Crippen molar-refractivity contribution < 1.29 is 0 Å². The lowest BCUT2D eigenvalue weighted by molar-refractivity contribution is 0.456. The van der Waals surface area contributed by atoms with Crippen LogP contribution in [-0.4, -0.2) is 14.8 Å². The van der Waals surface area contributed by atoms with Crippen molar-refractivity contribution >= 4 is 0 Å². The van der Waals surface area contributed by atoms with Crippen LogP contribution in [0.5, 0.6) is 0 Å².